The van der Waals surface area contributed by atoms with E-state index in [0.717, 1.165) is 24.2 Å². The Kier molecular flexibility index (Phi) is 5.21. The number of hydrogen-bond acceptors (Lipinski definition) is 3. The van der Waals surface area contributed by atoms with E-state index in [1.807, 2.05) is 47.4 Å². The lowest BCUT2D eigenvalue weighted by molar-refractivity contribution is -0.128. The topological polar surface area (TPSA) is 62.3 Å². The van der Waals surface area contributed by atoms with Crippen molar-refractivity contribution in [3.8, 4) is 0 Å². The number of carbonyl (C=O) groups is 2. The summed E-state index contributed by atoms with van der Waals surface area (Å²) < 4.78 is 0. The average Bonchev–Trinajstić information content (AvgIpc) is 3.01. The molecule has 0 unspecified atom stereocenters. The van der Waals surface area contributed by atoms with Gasteiger partial charge in [-0.25, -0.2) is 0 Å². The van der Waals surface area contributed by atoms with E-state index < -0.39 is 0 Å². The lowest BCUT2D eigenvalue weighted by Gasteiger charge is -2.15. The van der Waals surface area contributed by atoms with Gasteiger partial charge >= 0.3 is 0 Å². The van der Waals surface area contributed by atoms with Crippen LogP contribution in [0.15, 0.2) is 48.7 Å². The molecule has 1 aliphatic rings. The van der Waals surface area contributed by atoms with Crippen LogP contribution in [0.4, 0.5) is 0 Å². The molecule has 2 amide bonds. The highest BCUT2D eigenvalue weighted by molar-refractivity contribution is 5.94. The van der Waals surface area contributed by atoms with Crippen LogP contribution in [0.5, 0.6) is 0 Å². The fourth-order valence-corrected chi connectivity index (χ4v) is 2.81. The molecule has 1 fully saturated rings. The number of likely N-dealkylation sites (tertiary alicyclic amines) is 1. The van der Waals surface area contributed by atoms with E-state index in [9.17, 15) is 9.59 Å². The van der Waals surface area contributed by atoms with E-state index >= 15 is 0 Å². The predicted octanol–water partition coefficient (Wildman–Crippen LogP) is 2.18. The first-order valence-electron chi connectivity index (χ1n) is 8.27. The number of hydrogen-bond donors (Lipinski definition) is 1. The summed E-state index contributed by atoms with van der Waals surface area (Å²) >= 11 is 0. The van der Waals surface area contributed by atoms with Crippen LogP contribution >= 0.6 is 0 Å². The van der Waals surface area contributed by atoms with Gasteiger partial charge in [0.25, 0.3) is 5.91 Å². The average molecular weight is 323 g/mol. The summed E-state index contributed by atoms with van der Waals surface area (Å²) in [5.41, 5.74) is 2.64. The lowest BCUT2D eigenvalue weighted by atomic mass is 10.1. The van der Waals surface area contributed by atoms with Gasteiger partial charge < -0.3 is 10.2 Å². The van der Waals surface area contributed by atoms with Gasteiger partial charge in [-0.2, -0.15) is 0 Å². The molecule has 5 heteroatoms. The number of carbonyl (C=O) groups excluding carboxylic acids is 2. The Balaban J connectivity index is 1.49. The molecule has 0 bridgehead atoms. The number of amides is 2. The van der Waals surface area contributed by atoms with Crippen LogP contribution in [-0.4, -0.2) is 34.8 Å². The second kappa shape index (κ2) is 7.73. The van der Waals surface area contributed by atoms with Gasteiger partial charge in [0.05, 0.1) is 0 Å². The summed E-state index contributed by atoms with van der Waals surface area (Å²) in [6.45, 7) is 2.01. The number of rotatable bonds is 6. The lowest BCUT2D eigenvalue weighted by Crippen LogP contribution is -2.26. The SMILES string of the molecule is O=C(NCCc1ccccn1)c1ccc(CN2CCCC2=O)cc1. The molecule has 24 heavy (non-hydrogen) atoms. The Labute approximate surface area is 141 Å². The van der Waals surface area contributed by atoms with Gasteiger partial charge in [0, 0.05) is 49.9 Å². The summed E-state index contributed by atoms with van der Waals surface area (Å²) in [6.07, 6.45) is 4.05. The normalized spacial score (nSPS) is 14.0. The maximum Gasteiger partial charge on any atom is 0.251 e. The Morgan fingerprint density at radius 3 is 2.67 bits per heavy atom. The highest BCUT2D eigenvalue weighted by Crippen LogP contribution is 2.14. The van der Waals surface area contributed by atoms with Gasteiger partial charge in [-0.3, -0.25) is 14.6 Å². The largest absolute Gasteiger partial charge is 0.352 e. The Bertz CT molecular complexity index is 698. The Morgan fingerprint density at radius 2 is 2.00 bits per heavy atom. The molecule has 1 aliphatic heterocycles. The minimum absolute atomic E-state index is 0.0882. The zero-order chi connectivity index (χ0) is 16.8. The maximum absolute atomic E-state index is 12.1. The molecule has 0 spiro atoms. The molecular formula is C19H21N3O2. The second-order valence-electron chi connectivity index (χ2n) is 5.94. The fourth-order valence-electron chi connectivity index (χ4n) is 2.81. The molecule has 0 aliphatic carbocycles. The third-order valence-electron chi connectivity index (χ3n) is 4.15. The van der Waals surface area contributed by atoms with Crippen molar-refractivity contribution < 1.29 is 9.59 Å². The monoisotopic (exact) mass is 323 g/mol. The molecule has 5 nitrogen and oxygen atoms in total. The van der Waals surface area contributed by atoms with Gasteiger partial charge in [-0.15, -0.1) is 0 Å². The molecule has 2 heterocycles. The van der Waals surface area contributed by atoms with Gasteiger partial charge in [-0.1, -0.05) is 18.2 Å². The summed E-state index contributed by atoms with van der Waals surface area (Å²) in [5, 5.41) is 2.90. The zero-order valence-corrected chi connectivity index (χ0v) is 13.6. The summed E-state index contributed by atoms with van der Waals surface area (Å²) in [4.78, 5) is 29.9. The van der Waals surface area contributed by atoms with Crippen molar-refractivity contribution in [2.45, 2.75) is 25.8 Å². The quantitative estimate of drug-likeness (QED) is 0.886. The van der Waals surface area contributed by atoms with Crippen LogP contribution in [0.2, 0.25) is 0 Å². The summed E-state index contributed by atoms with van der Waals surface area (Å²) in [5.74, 6) is 0.126. The number of aromatic nitrogens is 1. The number of pyridine rings is 1. The maximum atomic E-state index is 12.1. The van der Waals surface area contributed by atoms with Gasteiger partial charge in [-0.05, 0) is 36.2 Å². The fraction of sp³-hybridized carbons (Fsp3) is 0.316. The van der Waals surface area contributed by atoms with Crippen molar-refractivity contribution in [1.82, 2.24) is 15.2 Å². The first-order chi connectivity index (χ1) is 11.7. The minimum atomic E-state index is -0.0882. The van der Waals surface area contributed by atoms with Gasteiger partial charge in [0.1, 0.15) is 0 Å². The van der Waals surface area contributed by atoms with Crippen molar-refractivity contribution >= 4 is 11.8 Å². The minimum Gasteiger partial charge on any atom is -0.352 e. The zero-order valence-electron chi connectivity index (χ0n) is 13.6. The van der Waals surface area contributed by atoms with Gasteiger partial charge in [0.2, 0.25) is 5.91 Å². The predicted molar refractivity (Wildman–Crippen MR) is 91.4 cm³/mol. The van der Waals surface area contributed by atoms with E-state index in [-0.39, 0.29) is 11.8 Å². The van der Waals surface area contributed by atoms with Crippen molar-refractivity contribution in [2.24, 2.45) is 0 Å². The van der Waals surface area contributed by atoms with E-state index in [4.69, 9.17) is 0 Å². The van der Waals surface area contributed by atoms with Gasteiger partial charge in [0.15, 0.2) is 0 Å². The highest BCUT2D eigenvalue weighted by atomic mass is 16.2. The molecule has 124 valence electrons. The highest BCUT2D eigenvalue weighted by Gasteiger charge is 2.19. The standard InChI is InChI=1S/C19H21N3O2/c23-18-5-3-13-22(18)14-15-6-8-16(9-7-15)19(24)21-12-10-17-4-1-2-11-20-17/h1-2,4,6-9,11H,3,5,10,12-14H2,(H,21,24). The van der Waals surface area contributed by atoms with Crippen molar-refractivity contribution in [1.29, 1.82) is 0 Å². The van der Waals surface area contributed by atoms with E-state index in [0.29, 0.717) is 31.5 Å². The third kappa shape index (κ3) is 4.19. The summed E-state index contributed by atoms with van der Waals surface area (Å²) in [6, 6.07) is 13.2. The molecule has 1 aromatic heterocycles. The van der Waals surface area contributed by atoms with Crippen molar-refractivity contribution in [2.75, 3.05) is 13.1 Å². The molecule has 3 rings (SSSR count). The molecule has 0 saturated carbocycles. The smallest absolute Gasteiger partial charge is 0.251 e. The number of nitrogens with zero attached hydrogens (tertiary/aromatic N) is 2. The molecule has 1 aromatic carbocycles. The Hall–Kier alpha value is -2.69. The van der Waals surface area contributed by atoms with Crippen LogP contribution in [0.3, 0.4) is 0 Å². The molecule has 1 saturated heterocycles. The Morgan fingerprint density at radius 1 is 1.17 bits per heavy atom. The molecule has 0 atom stereocenters. The molecule has 1 N–H and O–H groups in total. The van der Waals surface area contributed by atoms with E-state index in [1.165, 1.54) is 0 Å². The van der Waals surface area contributed by atoms with Crippen LogP contribution in [0.25, 0.3) is 0 Å². The molecule has 0 radical (unpaired) electrons. The number of benzene rings is 1. The first kappa shape index (κ1) is 16.2. The van der Waals surface area contributed by atoms with Crippen LogP contribution in [-0.2, 0) is 17.8 Å². The number of nitrogens with one attached hydrogen (secondary N) is 1. The molecular weight excluding hydrogens is 302 g/mol. The first-order valence-corrected chi connectivity index (χ1v) is 8.27. The van der Waals surface area contributed by atoms with Crippen LogP contribution < -0.4 is 5.32 Å². The van der Waals surface area contributed by atoms with E-state index in [1.54, 1.807) is 6.20 Å². The second-order valence-corrected chi connectivity index (χ2v) is 5.94. The van der Waals surface area contributed by atoms with Crippen molar-refractivity contribution in [3.63, 3.8) is 0 Å². The van der Waals surface area contributed by atoms with Crippen LogP contribution in [0.1, 0.15) is 34.5 Å². The third-order valence-corrected chi connectivity index (χ3v) is 4.15. The van der Waals surface area contributed by atoms with Crippen LogP contribution in [0, 0.1) is 0 Å². The van der Waals surface area contributed by atoms with Crippen molar-refractivity contribution in [3.05, 3.63) is 65.5 Å². The van der Waals surface area contributed by atoms with E-state index in [2.05, 4.69) is 10.3 Å². The summed E-state index contributed by atoms with van der Waals surface area (Å²) in [7, 11) is 0. The molecule has 2 aromatic rings.